The molecule has 1 saturated carbocycles. The molecule has 17 heavy (non-hydrogen) atoms. The summed E-state index contributed by atoms with van der Waals surface area (Å²) in [7, 11) is 0. The minimum absolute atomic E-state index is 0.170. The third kappa shape index (κ3) is 2.63. The lowest BCUT2D eigenvalue weighted by Gasteiger charge is -2.26. The molecule has 0 radical (unpaired) electrons. The Morgan fingerprint density at radius 3 is 2.76 bits per heavy atom. The largest absolute Gasteiger partial charge is 0.396 e. The SMILES string of the molecule is CCN(CCCO)C(=O)C1CC12CCNCC2. The second-order valence-corrected chi connectivity index (χ2v) is 5.36. The van der Waals surface area contributed by atoms with Crippen LogP contribution in [0, 0.1) is 11.3 Å². The Bertz CT molecular complexity index is 275. The van der Waals surface area contributed by atoms with Gasteiger partial charge >= 0.3 is 0 Å². The molecule has 1 unspecified atom stereocenters. The van der Waals surface area contributed by atoms with Crippen LogP contribution in [-0.4, -0.2) is 48.7 Å². The summed E-state index contributed by atoms with van der Waals surface area (Å²) in [6.07, 6.45) is 4.09. The molecule has 4 nitrogen and oxygen atoms in total. The predicted octanol–water partition coefficient (Wildman–Crippen LogP) is 0.607. The molecule has 2 aliphatic rings. The van der Waals surface area contributed by atoms with Crippen LogP contribution in [0.1, 0.15) is 32.6 Å². The van der Waals surface area contributed by atoms with Crippen LogP contribution in [0.25, 0.3) is 0 Å². The number of nitrogens with one attached hydrogen (secondary N) is 1. The van der Waals surface area contributed by atoms with Gasteiger partial charge in [-0.1, -0.05) is 0 Å². The summed E-state index contributed by atoms with van der Waals surface area (Å²) in [4.78, 5) is 14.3. The monoisotopic (exact) mass is 240 g/mol. The molecule has 0 aromatic heterocycles. The standard InChI is InChI=1S/C13H24N2O2/c1-2-15(8-3-9-16)12(17)11-10-13(11)4-6-14-7-5-13/h11,14,16H,2-10H2,1H3. The molecular formula is C13H24N2O2. The van der Waals surface area contributed by atoms with Crippen LogP contribution < -0.4 is 5.32 Å². The highest BCUT2D eigenvalue weighted by molar-refractivity contribution is 5.82. The summed E-state index contributed by atoms with van der Waals surface area (Å²) in [6, 6.07) is 0. The number of aliphatic hydroxyl groups excluding tert-OH is 1. The first-order valence-electron chi connectivity index (χ1n) is 6.84. The van der Waals surface area contributed by atoms with E-state index in [-0.39, 0.29) is 12.5 Å². The summed E-state index contributed by atoms with van der Waals surface area (Å²) in [5.41, 5.74) is 0.328. The summed E-state index contributed by atoms with van der Waals surface area (Å²) >= 11 is 0. The van der Waals surface area contributed by atoms with Crippen LogP contribution in [0.2, 0.25) is 0 Å². The van der Waals surface area contributed by atoms with Crippen LogP contribution in [0.3, 0.4) is 0 Å². The maximum absolute atomic E-state index is 12.3. The third-order valence-corrected chi connectivity index (χ3v) is 4.37. The smallest absolute Gasteiger partial charge is 0.226 e. The van der Waals surface area contributed by atoms with Crippen molar-refractivity contribution in [1.29, 1.82) is 0 Å². The predicted molar refractivity (Wildman–Crippen MR) is 66.6 cm³/mol. The molecule has 1 atom stereocenters. The quantitative estimate of drug-likeness (QED) is 0.740. The van der Waals surface area contributed by atoms with Gasteiger partial charge in [0, 0.05) is 25.6 Å². The van der Waals surface area contributed by atoms with E-state index in [1.807, 2.05) is 11.8 Å². The number of piperidine rings is 1. The highest BCUT2D eigenvalue weighted by Gasteiger charge is 2.58. The molecule has 2 fully saturated rings. The second kappa shape index (κ2) is 5.36. The van der Waals surface area contributed by atoms with E-state index >= 15 is 0 Å². The van der Waals surface area contributed by atoms with Crippen molar-refractivity contribution in [2.45, 2.75) is 32.6 Å². The Labute approximate surface area is 103 Å². The Morgan fingerprint density at radius 1 is 1.47 bits per heavy atom. The van der Waals surface area contributed by atoms with Crippen LogP contribution in [0.15, 0.2) is 0 Å². The first-order chi connectivity index (χ1) is 8.23. The van der Waals surface area contributed by atoms with Gasteiger partial charge in [0.25, 0.3) is 0 Å². The van der Waals surface area contributed by atoms with Gasteiger partial charge in [-0.3, -0.25) is 4.79 Å². The maximum Gasteiger partial charge on any atom is 0.226 e. The van der Waals surface area contributed by atoms with E-state index in [1.54, 1.807) is 0 Å². The summed E-state index contributed by atoms with van der Waals surface area (Å²) in [5, 5.41) is 12.2. The van der Waals surface area contributed by atoms with E-state index in [2.05, 4.69) is 5.32 Å². The van der Waals surface area contributed by atoms with E-state index in [4.69, 9.17) is 5.11 Å². The van der Waals surface area contributed by atoms with Gasteiger partial charge in [0.05, 0.1) is 0 Å². The Morgan fingerprint density at radius 2 is 2.18 bits per heavy atom. The minimum atomic E-state index is 0.170. The maximum atomic E-state index is 12.3. The van der Waals surface area contributed by atoms with Crippen molar-refractivity contribution in [3.8, 4) is 0 Å². The lowest BCUT2D eigenvalue weighted by Crippen LogP contribution is -2.37. The molecule has 0 aromatic rings. The van der Waals surface area contributed by atoms with Gasteiger partial charge < -0.3 is 15.3 Å². The number of carbonyl (C=O) groups excluding carboxylic acids is 1. The highest BCUT2D eigenvalue weighted by atomic mass is 16.3. The molecule has 98 valence electrons. The fourth-order valence-corrected chi connectivity index (χ4v) is 3.08. The van der Waals surface area contributed by atoms with E-state index in [0.29, 0.717) is 24.3 Å². The summed E-state index contributed by atoms with van der Waals surface area (Å²) in [6.45, 7) is 5.79. The number of carbonyl (C=O) groups is 1. The Balaban J connectivity index is 1.87. The fourth-order valence-electron chi connectivity index (χ4n) is 3.08. The Kier molecular flexibility index (Phi) is 4.05. The molecule has 1 amide bonds. The first kappa shape index (κ1) is 12.8. The normalized spacial score (nSPS) is 25.9. The lowest BCUT2D eigenvalue weighted by molar-refractivity contribution is -0.133. The zero-order chi connectivity index (χ0) is 12.3. The lowest BCUT2D eigenvalue weighted by atomic mass is 9.91. The number of rotatable bonds is 5. The van der Waals surface area contributed by atoms with Gasteiger partial charge in [0.2, 0.25) is 5.91 Å². The molecule has 0 bridgehead atoms. The minimum Gasteiger partial charge on any atom is -0.396 e. The van der Waals surface area contributed by atoms with Gasteiger partial charge in [-0.25, -0.2) is 0 Å². The molecule has 0 aromatic carbocycles. The summed E-state index contributed by atoms with van der Waals surface area (Å²) in [5.74, 6) is 0.589. The fraction of sp³-hybridized carbons (Fsp3) is 0.923. The van der Waals surface area contributed by atoms with Crippen molar-refractivity contribution in [2.75, 3.05) is 32.8 Å². The van der Waals surface area contributed by atoms with Crippen molar-refractivity contribution in [3.63, 3.8) is 0 Å². The molecule has 1 spiro atoms. The van der Waals surface area contributed by atoms with Crippen LogP contribution >= 0.6 is 0 Å². The Hall–Kier alpha value is -0.610. The molecule has 2 rings (SSSR count). The van der Waals surface area contributed by atoms with Crippen molar-refractivity contribution in [3.05, 3.63) is 0 Å². The zero-order valence-corrected chi connectivity index (χ0v) is 10.7. The number of nitrogens with zero attached hydrogens (tertiary/aromatic N) is 1. The molecular weight excluding hydrogens is 216 g/mol. The first-order valence-corrected chi connectivity index (χ1v) is 6.84. The van der Waals surface area contributed by atoms with Crippen molar-refractivity contribution < 1.29 is 9.90 Å². The molecule has 2 N–H and O–H groups in total. The van der Waals surface area contributed by atoms with E-state index < -0.39 is 0 Å². The molecule has 1 saturated heterocycles. The van der Waals surface area contributed by atoms with Crippen molar-refractivity contribution in [2.24, 2.45) is 11.3 Å². The molecule has 4 heteroatoms. The zero-order valence-electron chi connectivity index (χ0n) is 10.7. The topological polar surface area (TPSA) is 52.6 Å². The van der Waals surface area contributed by atoms with Crippen LogP contribution in [-0.2, 0) is 4.79 Å². The molecule has 1 aliphatic heterocycles. The molecule has 1 aliphatic carbocycles. The van der Waals surface area contributed by atoms with Gasteiger partial charge in [-0.15, -0.1) is 0 Å². The second-order valence-electron chi connectivity index (χ2n) is 5.36. The molecule has 1 heterocycles. The van der Waals surface area contributed by atoms with Gasteiger partial charge in [-0.2, -0.15) is 0 Å². The van der Waals surface area contributed by atoms with Crippen LogP contribution in [0.5, 0.6) is 0 Å². The van der Waals surface area contributed by atoms with Crippen molar-refractivity contribution >= 4 is 5.91 Å². The average Bonchev–Trinajstić information content (AvgIpc) is 3.04. The third-order valence-electron chi connectivity index (χ3n) is 4.37. The highest BCUT2D eigenvalue weighted by Crippen LogP contribution is 2.59. The number of hydrogen-bond donors (Lipinski definition) is 2. The van der Waals surface area contributed by atoms with Gasteiger partial charge in [0.1, 0.15) is 0 Å². The van der Waals surface area contributed by atoms with Crippen LogP contribution in [0.4, 0.5) is 0 Å². The summed E-state index contributed by atoms with van der Waals surface area (Å²) < 4.78 is 0. The van der Waals surface area contributed by atoms with E-state index in [9.17, 15) is 4.79 Å². The van der Waals surface area contributed by atoms with E-state index in [0.717, 1.165) is 38.9 Å². The number of aliphatic hydroxyl groups is 1. The average molecular weight is 240 g/mol. The van der Waals surface area contributed by atoms with Gasteiger partial charge in [-0.05, 0) is 51.1 Å². The van der Waals surface area contributed by atoms with Crippen molar-refractivity contribution in [1.82, 2.24) is 10.2 Å². The van der Waals surface area contributed by atoms with Gasteiger partial charge in [0.15, 0.2) is 0 Å². The van der Waals surface area contributed by atoms with E-state index in [1.165, 1.54) is 0 Å². The number of amides is 1. The number of hydrogen-bond acceptors (Lipinski definition) is 3.